The van der Waals surface area contributed by atoms with Crippen LogP contribution in [-0.2, 0) is 4.74 Å². The van der Waals surface area contributed by atoms with Crippen molar-refractivity contribution in [2.45, 2.75) is 13.3 Å². The Bertz CT molecular complexity index is 422. The van der Waals surface area contributed by atoms with E-state index in [-0.39, 0.29) is 11.8 Å². The Morgan fingerprint density at radius 1 is 1.42 bits per heavy atom. The molecular weight excluding hydrogens is 247 g/mol. The quantitative estimate of drug-likeness (QED) is 0.745. The third kappa shape index (κ3) is 6.57. The van der Waals surface area contributed by atoms with Crippen LogP contribution in [0.4, 0.5) is 9.18 Å². The molecule has 0 aliphatic heterocycles. The number of halogens is 1. The molecular formula is C14H19FN2O2. The van der Waals surface area contributed by atoms with Gasteiger partial charge in [0.15, 0.2) is 0 Å². The molecule has 0 saturated heterocycles. The number of hydrogen-bond acceptors (Lipinski definition) is 2. The molecule has 5 heteroatoms. The first-order valence-electron chi connectivity index (χ1n) is 6.27. The number of hydrogen-bond donors (Lipinski definition) is 2. The van der Waals surface area contributed by atoms with Crippen LogP contribution < -0.4 is 10.6 Å². The minimum absolute atomic E-state index is 0.316. The van der Waals surface area contributed by atoms with Crippen LogP contribution in [0.2, 0.25) is 0 Å². The largest absolute Gasteiger partial charge is 0.382 e. The fourth-order valence-corrected chi connectivity index (χ4v) is 1.39. The Kier molecular flexibility index (Phi) is 7.27. The maximum Gasteiger partial charge on any atom is 0.318 e. The second-order valence-corrected chi connectivity index (χ2v) is 3.81. The van der Waals surface area contributed by atoms with E-state index in [2.05, 4.69) is 10.6 Å². The van der Waals surface area contributed by atoms with Gasteiger partial charge in [0, 0.05) is 31.5 Å². The summed E-state index contributed by atoms with van der Waals surface area (Å²) >= 11 is 0. The van der Waals surface area contributed by atoms with Gasteiger partial charge in [-0.05, 0) is 25.5 Å². The zero-order valence-electron chi connectivity index (χ0n) is 11.0. The van der Waals surface area contributed by atoms with Gasteiger partial charge >= 0.3 is 6.03 Å². The number of carbonyl (C=O) groups is 1. The molecule has 0 radical (unpaired) electrons. The Labute approximate surface area is 112 Å². The number of ether oxygens (including phenoxy) is 1. The fraction of sp³-hybridized carbons (Fsp3) is 0.357. The van der Waals surface area contributed by atoms with Crippen molar-refractivity contribution in [3.05, 3.63) is 41.8 Å². The fourth-order valence-electron chi connectivity index (χ4n) is 1.39. The van der Waals surface area contributed by atoms with E-state index in [1.165, 1.54) is 18.3 Å². The summed E-state index contributed by atoms with van der Waals surface area (Å²) in [4.78, 5) is 11.3. The van der Waals surface area contributed by atoms with Gasteiger partial charge in [0.2, 0.25) is 0 Å². The highest BCUT2D eigenvalue weighted by Crippen LogP contribution is 2.07. The first-order chi connectivity index (χ1) is 9.24. The van der Waals surface area contributed by atoms with Gasteiger partial charge in [-0.3, -0.25) is 0 Å². The SMILES string of the molecule is CCOCCCNC(=O)N/C=C/c1ccccc1F. The lowest BCUT2D eigenvalue weighted by Gasteiger charge is -2.04. The Balaban J connectivity index is 2.21. The molecule has 0 fully saturated rings. The summed E-state index contributed by atoms with van der Waals surface area (Å²) < 4.78 is 18.4. The lowest BCUT2D eigenvalue weighted by Crippen LogP contribution is -2.33. The molecule has 0 spiro atoms. The number of urea groups is 1. The lowest BCUT2D eigenvalue weighted by atomic mass is 10.2. The van der Waals surface area contributed by atoms with E-state index in [0.717, 1.165) is 6.42 Å². The van der Waals surface area contributed by atoms with Gasteiger partial charge in [-0.25, -0.2) is 9.18 Å². The van der Waals surface area contributed by atoms with Crippen molar-refractivity contribution in [3.63, 3.8) is 0 Å². The van der Waals surface area contributed by atoms with Crippen molar-refractivity contribution in [1.29, 1.82) is 0 Å². The second-order valence-electron chi connectivity index (χ2n) is 3.81. The summed E-state index contributed by atoms with van der Waals surface area (Å²) in [6.07, 6.45) is 3.68. The van der Waals surface area contributed by atoms with Crippen LogP contribution in [0.15, 0.2) is 30.5 Å². The van der Waals surface area contributed by atoms with E-state index in [0.29, 0.717) is 25.3 Å². The van der Waals surface area contributed by atoms with E-state index in [1.54, 1.807) is 18.2 Å². The van der Waals surface area contributed by atoms with Crippen molar-refractivity contribution < 1.29 is 13.9 Å². The first-order valence-corrected chi connectivity index (χ1v) is 6.27. The van der Waals surface area contributed by atoms with Gasteiger partial charge < -0.3 is 15.4 Å². The molecule has 1 aromatic carbocycles. The average Bonchev–Trinajstić information content (AvgIpc) is 2.41. The molecule has 0 aliphatic rings. The van der Waals surface area contributed by atoms with Crippen molar-refractivity contribution in [3.8, 4) is 0 Å². The molecule has 2 N–H and O–H groups in total. The Hall–Kier alpha value is -1.88. The van der Waals surface area contributed by atoms with Gasteiger partial charge in [-0.1, -0.05) is 18.2 Å². The van der Waals surface area contributed by atoms with Crippen molar-refractivity contribution >= 4 is 12.1 Å². The molecule has 2 amide bonds. The number of nitrogens with one attached hydrogen (secondary N) is 2. The monoisotopic (exact) mass is 266 g/mol. The molecule has 1 aromatic rings. The number of amides is 2. The smallest absolute Gasteiger partial charge is 0.318 e. The molecule has 0 aromatic heterocycles. The van der Waals surface area contributed by atoms with Crippen molar-refractivity contribution in [2.75, 3.05) is 19.8 Å². The maximum absolute atomic E-state index is 13.2. The highest BCUT2D eigenvalue weighted by Gasteiger charge is 1.97. The van der Waals surface area contributed by atoms with E-state index in [4.69, 9.17) is 4.74 Å². The van der Waals surface area contributed by atoms with E-state index in [1.807, 2.05) is 6.92 Å². The van der Waals surface area contributed by atoms with E-state index >= 15 is 0 Å². The van der Waals surface area contributed by atoms with Gasteiger partial charge in [0.1, 0.15) is 5.82 Å². The van der Waals surface area contributed by atoms with Gasteiger partial charge in [-0.15, -0.1) is 0 Å². The predicted molar refractivity (Wildman–Crippen MR) is 73.1 cm³/mol. The zero-order chi connectivity index (χ0) is 13.9. The molecule has 0 bridgehead atoms. The molecule has 4 nitrogen and oxygen atoms in total. The van der Waals surface area contributed by atoms with Crippen LogP contribution in [0.5, 0.6) is 0 Å². The lowest BCUT2D eigenvalue weighted by molar-refractivity contribution is 0.145. The summed E-state index contributed by atoms with van der Waals surface area (Å²) in [6.45, 7) is 3.77. The van der Waals surface area contributed by atoms with Gasteiger partial charge in [0.25, 0.3) is 0 Å². The number of rotatable bonds is 7. The standard InChI is InChI=1S/C14H19FN2O2/c1-2-19-11-5-9-16-14(18)17-10-8-12-6-3-4-7-13(12)15/h3-4,6-8,10H,2,5,9,11H2,1H3,(H2,16,17,18)/b10-8+. The number of benzene rings is 1. The Morgan fingerprint density at radius 3 is 2.95 bits per heavy atom. The highest BCUT2D eigenvalue weighted by atomic mass is 19.1. The molecule has 0 saturated carbocycles. The second kappa shape index (κ2) is 9.10. The molecule has 0 unspecified atom stereocenters. The summed E-state index contributed by atoms with van der Waals surface area (Å²) in [5.41, 5.74) is 0.430. The van der Waals surface area contributed by atoms with Crippen LogP contribution in [0.25, 0.3) is 6.08 Å². The maximum atomic E-state index is 13.2. The minimum atomic E-state index is -0.322. The molecule has 0 aliphatic carbocycles. The molecule has 104 valence electrons. The van der Waals surface area contributed by atoms with Gasteiger partial charge in [0.05, 0.1) is 0 Å². The number of carbonyl (C=O) groups excluding carboxylic acids is 1. The van der Waals surface area contributed by atoms with Crippen LogP contribution in [0.3, 0.4) is 0 Å². The van der Waals surface area contributed by atoms with Crippen LogP contribution in [0, 0.1) is 5.82 Å². The van der Waals surface area contributed by atoms with Crippen LogP contribution in [-0.4, -0.2) is 25.8 Å². The van der Waals surface area contributed by atoms with Crippen molar-refractivity contribution in [2.24, 2.45) is 0 Å². The minimum Gasteiger partial charge on any atom is -0.382 e. The third-order valence-corrected chi connectivity index (χ3v) is 2.34. The van der Waals surface area contributed by atoms with Crippen LogP contribution >= 0.6 is 0 Å². The van der Waals surface area contributed by atoms with Crippen LogP contribution in [0.1, 0.15) is 18.9 Å². The average molecular weight is 266 g/mol. The topological polar surface area (TPSA) is 50.4 Å². The van der Waals surface area contributed by atoms with Gasteiger partial charge in [-0.2, -0.15) is 0 Å². The molecule has 1 rings (SSSR count). The predicted octanol–water partition coefficient (Wildman–Crippen LogP) is 2.52. The van der Waals surface area contributed by atoms with Crippen molar-refractivity contribution in [1.82, 2.24) is 10.6 Å². The first kappa shape index (κ1) is 15.2. The Morgan fingerprint density at radius 2 is 2.21 bits per heavy atom. The molecule has 19 heavy (non-hydrogen) atoms. The summed E-state index contributed by atoms with van der Waals surface area (Å²) in [7, 11) is 0. The third-order valence-electron chi connectivity index (χ3n) is 2.34. The summed E-state index contributed by atoms with van der Waals surface area (Å²) in [5.74, 6) is -0.322. The van der Waals surface area contributed by atoms with E-state index in [9.17, 15) is 9.18 Å². The summed E-state index contributed by atoms with van der Waals surface area (Å²) in [6, 6.07) is 6.03. The summed E-state index contributed by atoms with van der Waals surface area (Å²) in [5, 5.41) is 5.18. The molecule has 0 atom stereocenters. The zero-order valence-corrected chi connectivity index (χ0v) is 11.0. The normalized spacial score (nSPS) is 10.6. The molecule has 0 heterocycles. The highest BCUT2D eigenvalue weighted by molar-refractivity contribution is 5.75. The van der Waals surface area contributed by atoms with E-state index < -0.39 is 0 Å².